The summed E-state index contributed by atoms with van der Waals surface area (Å²) in [5.41, 5.74) is 0.619. The van der Waals surface area contributed by atoms with Crippen LogP contribution in [0.5, 0.6) is 11.5 Å². The van der Waals surface area contributed by atoms with Crippen LogP contribution in [0.4, 0.5) is 10.5 Å². The van der Waals surface area contributed by atoms with Gasteiger partial charge in [-0.25, -0.2) is 4.79 Å². The summed E-state index contributed by atoms with van der Waals surface area (Å²) >= 11 is 0. The molecule has 1 aliphatic carbocycles. The Kier molecular flexibility index (Phi) is 5.42. The fourth-order valence-electron chi connectivity index (χ4n) is 5.62. The first-order valence-electron chi connectivity index (χ1n) is 11.5. The first kappa shape index (κ1) is 20.4. The lowest BCUT2D eigenvalue weighted by molar-refractivity contribution is -0.139. The zero-order chi connectivity index (χ0) is 21.4. The highest BCUT2D eigenvalue weighted by molar-refractivity contribution is 5.91. The molecule has 8 nitrogen and oxygen atoms in total. The van der Waals surface area contributed by atoms with E-state index in [-0.39, 0.29) is 23.3 Å². The number of hydrogen-bond donors (Lipinski definition) is 1. The van der Waals surface area contributed by atoms with Gasteiger partial charge < -0.3 is 29.5 Å². The van der Waals surface area contributed by atoms with Crippen LogP contribution in [0.15, 0.2) is 18.2 Å². The third kappa shape index (κ3) is 3.93. The Bertz CT molecular complexity index is 846. The number of nitrogens with zero attached hydrogens (tertiary/aromatic N) is 3. The highest BCUT2D eigenvalue weighted by Crippen LogP contribution is 2.50. The molecule has 1 saturated carbocycles. The molecule has 1 unspecified atom stereocenters. The highest BCUT2D eigenvalue weighted by atomic mass is 16.6. The average Bonchev–Trinajstić information content (AvgIpc) is 3.41. The zero-order valence-electron chi connectivity index (χ0n) is 18.3. The van der Waals surface area contributed by atoms with Crippen molar-refractivity contribution in [2.75, 3.05) is 64.8 Å². The molecule has 5 rings (SSSR count). The molecule has 4 aliphatic rings. The fraction of sp³-hybridized carbons (Fsp3) is 0.652. The minimum Gasteiger partial charge on any atom is -0.486 e. The van der Waals surface area contributed by atoms with Crippen LogP contribution in [-0.2, 0) is 4.79 Å². The van der Waals surface area contributed by atoms with Crippen molar-refractivity contribution in [3.05, 3.63) is 18.2 Å². The summed E-state index contributed by atoms with van der Waals surface area (Å²) in [4.78, 5) is 32.7. The van der Waals surface area contributed by atoms with E-state index in [0.717, 1.165) is 51.9 Å². The number of fused-ring (bicyclic) bond motifs is 1. The molecule has 1 aromatic carbocycles. The maximum atomic E-state index is 13.5. The Morgan fingerprint density at radius 3 is 2.45 bits per heavy atom. The van der Waals surface area contributed by atoms with E-state index in [1.807, 2.05) is 21.9 Å². The van der Waals surface area contributed by atoms with E-state index in [1.54, 1.807) is 6.07 Å². The Labute approximate surface area is 183 Å². The number of urea groups is 1. The van der Waals surface area contributed by atoms with Crippen molar-refractivity contribution in [2.45, 2.75) is 25.7 Å². The number of anilines is 1. The smallest absolute Gasteiger partial charge is 0.321 e. The van der Waals surface area contributed by atoms with Crippen molar-refractivity contribution in [3.8, 4) is 11.5 Å². The predicted molar refractivity (Wildman–Crippen MR) is 116 cm³/mol. The molecule has 1 aromatic rings. The molecule has 2 saturated heterocycles. The van der Waals surface area contributed by atoms with Crippen LogP contribution in [-0.4, -0.2) is 86.2 Å². The number of nitrogens with one attached hydrogen (secondary N) is 1. The molecule has 0 radical (unpaired) electrons. The van der Waals surface area contributed by atoms with Gasteiger partial charge in [0.15, 0.2) is 11.5 Å². The highest BCUT2D eigenvalue weighted by Gasteiger charge is 2.53. The number of rotatable bonds is 2. The molecule has 1 atom stereocenters. The summed E-state index contributed by atoms with van der Waals surface area (Å²) in [5, 5.41) is 3.01. The molecule has 0 bridgehead atoms. The van der Waals surface area contributed by atoms with E-state index in [0.29, 0.717) is 43.5 Å². The van der Waals surface area contributed by atoms with Crippen molar-refractivity contribution in [1.82, 2.24) is 14.7 Å². The van der Waals surface area contributed by atoms with Gasteiger partial charge in [-0.2, -0.15) is 0 Å². The Balaban J connectivity index is 1.29. The van der Waals surface area contributed by atoms with E-state index >= 15 is 0 Å². The quantitative estimate of drug-likeness (QED) is 0.782. The minimum absolute atomic E-state index is 0.0649. The monoisotopic (exact) mass is 428 g/mol. The summed E-state index contributed by atoms with van der Waals surface area (Å²) in [5.74, 6) is 1.50. The molecule has 3 aliphatic heterocycles. The van der Waals surface area contributed by atoms with E-state index in [9.17, 15) is 9.59 Å². The van der Waals surface area contributed by atoms with Crippen LogP contribution in [0.3, 0.4) is 0 Å². The lowest BCUT2D eigenvalue weighted by Crippen LogP contribution is -2.51. The standard InChI is InChI=1S/C23H32N4O4/c1-25-8-10-26(11-9-25)21(28)18-15-27(16-23(18)6-2-3-7-23)22(29)24-17-4-5-19-20(14-17)31-13-12-30-19/h4-5,14,18H,2-3,6-13,15-16H2,1H3,(H,24,29). The van der Waals surface area contributed by atoms with E-state index in [2.05, 4.69) is 17.3 Å². The van der Waals surface area contributed by atoms with Gasteiger partial charge in [-0.3, -0.25) is 4.79 Å². The van der Waals surface area contributed by atoms with Crippen molar-refractivity contribution in [2.24, 2.45) is 11.3 Å². The molecule has 31 heavy (non-hydrogen) atoms. The van der Waals surface area contributed by atoms with Gasteiger partial charge >= 0.3 is 6.03 Å². The van der Waals surface area contributed by atoms with Crippen LogP contribution in [0.2, 0.25) is 0 Å². The summed E-state index contributed by atoms with van der Waals surface area (Å²) in [6, 6.07) is 5.32. The van der Waals surface area contributed by atoms with Gasteiger partial charge in [0.25, 0.3) is 0 Å². The van der Waals surface area contributed by atoms with Crippen LogP contribution >= 0.6 is 0 Å². The summed E-state index contributed by atoms with van der Waals surface area (Å²) in [6.45, 7) is 5.61. The second kappa shape index (κ2) is 8.22. The third-order valence-corrected chi connectivity index (χ3v) is 7.44. The molecule has 1 N–H and O–H groups in total. The van der Waals surface area contributed by atoms with Crippen LogP contribution in [0, 0.1) is 11.3 Å². The van der Waals surface area contributed by atoms with Crippen LogP contribution in [0.25, 0.3) is 0 Å². The number of ether oxygens (including phenoxy) is 2. The maximum Gasteiger partial charge on any atom is 0.321 e. The molecular formula is C23H32N4O4. The van der Waals surface area contributed by atoms with Gasteiger partial charge in [-0.1, -0.05) is 12.8 Å². The van der Waals surface area contributed by atoms with Gasteiger partial charge in [0.05, 0.1) is 5.92 Å². The van der Waals surface area contributed by atoms with Crippen molar-refractivity contribution >= 4 is 17.6 Å². The number of benzene rings is 1. The summed E-state index contributed by atoms with van der Waals surface area (Å²) in [7, 11) is 2.10. The SMILES string of the molecule is CN1CCN(C(=O)C2CN(C(=O)Nc3ccc4c(c3)OCCO4)CC23CCCC3)CC1. The molecule has 0 aromatic heterocycles. The lowest BCUT2D eigenvalue weighted by atomic mass is 9.76. The number of carbonyl (C=O) groups is 2. The molecular weight excluding hydrogens is 396 g/mol. The summed E-state index contributed by atoms with van der Waals surface area (Å²) in [6.07, 6.45) is 4.35. The summed E-state index contributed by atoms with van der Waals surface area (Å²) < 4.78 is 11.2. The molecule has 168 valence electrons. The molecule has 8 heteroatoms. The van der Waals surface area contributed by atoms with Crippen LogP contribution < -0.4 is 14.8 Å². The van der Waals surface area contributed by atoms with E-state index in [1.165, 1.54) is 0 Å². The normalized spacial score (nSPS) is 25.1. The largest absolute Gasteiger partial charge is 0.486 e. The van der Waals surface area contributed by atoms with Gasteiger partial charge in [0.2, 0.25) is 5.91 Å². The molecule has 3 heterocycles. The second-order valence-electron chi connectivity index (χ2n) is 9.42. The number of hydrogen-bond acceptors (Lipinski definition) is 5. The van der Waals surface area contributed by atoms with Crippen LogP contribution in [0.1, 0.15) is 25.7 Å². The van der Waals surface area contributed by atoms with Crippen molar-refractivity contribution in [3.63, 3.8) is 0 Å². The Hall–Kier alpha value is -2.48. The number of amides is 3. The Morgan fingerprint density at radius 1 is 1.00 bits per heavy atom. The van der Waals surface area contributed by atoms with Crippen molar-refractivity contribution in [1.29, 1.82) is 0 Å². The van der Waals surface area contributed by atoms with Gasteiger partial charge in [0.1, 0.15) is 13.2 Å². The lowest BCUT2D eigenvalue weighted by Gasteiger charge is -2.37. The van der Waals surface area contributed by atoms with E-state index in [4.69, 9.17) is 9.47 Å². The van der Waals surface area contributed by atoms with Gasteiger partial charge in [-0.15, -0.1) is 0 Å². The molecule has 3 fully saturated rings. The number of likely N-dealkylation sites (N-methyl/N-ethyl adjacent to an activating group) is 1. The first-order valence-corrected chi connectivity index (χ1v) is 11.5. The zero-order valence-corrected chi connectivity index (χ0v) is 18.3. The predicted octanol–water partition coefficient (Wildman–Crippen LogP) is 2.26. The average molecular weight is 429 g/mol. The number of carbonyl (C=O) groups excluding carboxylic acids is 2. The topological polar surface area (TPSA) is 74.4 Å². The van der Waals surface area contributed by atoms with Crippen molar-refractivity contribution < 1.29 is 19.1 Å². The fourth-order valence-corrected chi connectivity index (χ4v) is 5.62. The van der Waals surface area contributed by atoms with Gasteiger partial charge in [0, 0.05) is 56.4 Å². The first-order chi connectivity index (χ1) is 15.0. The third-order valence-electron chi connectivity index (χ3n) is 7.44. The maximum absolute atomic E-state index is 13.5. The van der Waals surface area contributed by atoms with E-state index < -0.39 is 0 Å². The number of likely N-dealkylation sites (tertiary alicyclic amines) is 1. The minimum atomic E-state index is -0.142. The Morgan fingerprint density at radius 2 is 1.71 bits per heavy atom. The molecule has 1 spiro atoms. The second-order valence-corrected chi connectivity index (χ2v) is 9.42. The van der Waals surface area contributed by atoms with Gasteiger partial charge in [-0.05, 0) is 32.0 Å². The molecule has 3 amide bonds. The number of piperazine rings is 1.